The van der Waals surface area contributed by atoms with Gasteiger partial charge >= 0.3 is 0 Å². The summed E-state index contributed by atoms with van der Waals surface area (Å²) in [6, 6.07) is 3.10. The van der Waals surface area contributed by atoms with E-state index < -0.39 is 6.04 Å². The minimum atomic E-state index is -0.480. The Morgan fingerprint density at radius 3 is 2.88 bits per heavy atom. The maximum Gasteiger partial charge on any atom is 0.247 e. The van der Waals surface area contributed by atoms with Crippen LogP contribution in [0.1, 0.15) is 36.9 Å². The van der Waals surface area contributed by atoms with E-state index >= 15 is 0 Å². The fraction of sp³-hybridized carbons (Fsp3) is 0.471. The Morgan fingerprint density at radius 2 is 2.25 bits per heavy atom. The predicted octanol–water partition coefficient (Wildman–Crippen LogP) is 2.24. The lowest BCUT2D eigenvalue weighted by Gasteiger charge is -2.23. The molecule has 1 saturated heterocycles. The van der Waals surface area contributed by atoms with Gasteiger partial charge in [0.05, 0.1) is 29.9 Å². The topological polar surface area (TPSA) is 80.4 Å². The Balaban J connectivity index is 1.76. The second kappa shape index (κ2) is 6.51. The Hall–Kier alpha value is -2.57. The summed E-state index contributed by atoms with van der Waals surface area (Å²) in [5, 5.41) is 7.37. The van der Waals surface area contributed by atoms with Crippen molar-refractivity contribution >= 4 is 17.5 Å². The fourth-order valence-corrected chi connectivity index (χ4v) is 3.17. The van der Waals surface area contributed by atoms with E-state index in [0.29, 0.717) is 25.1 Å². The normalized spacial score (nSPS) is 17.5. The van der Waals surface area contributed by atoms with Crippen LogP contribution in [0.3, 0.4) is 0 Å². The zero-order valence-electron chi connectivity index (χ0n) is 14.2. The van der Waals surface area contributed by atoms with Gasteiger partial charge in [0, 0.05) is 13.0 Å². The molecule has 3 rings (SSSR count). The molecule has 7 nitrogen and oxygen atoms in total. The van der Waals surface area contributed by atoms with E-state index in [9.17, 15) is 9.59 Å². The largest absolute Gasteiger partial charge is 0.467 e. The van der Waals surface area contributed by atoms with Crippen LogP contribution in [-0.2, 0) is 22.7 Å². The number of anilines is 1. The van der Waals surface area contributed by atoms with Gasteiger partial charge in [-0.1, -0.05) is 0 Å². The Bertz CT molecular complexity index is 748. The molecule has 0 aromatic carbocycles. The van der Waals surface area contributed by atoms with E-state index in [2.05, 4.69) is 10.4 Å². The van der Waals surface area contributed by atoms with Crippen molar-refractivity contribution in [3.05, 3.63) is 35.5 Å². The molecule has 0 bridgehead atoms. The van der Waals surface area contributed by atoms with Crippen LogP contribution in [-0.4, -0.2) is 32.5 Å². The average molecular weight is 330 g/mol. The lowest BCUT2D eigenvalue weighted by molar-refractivity contribution is -0.134. The van der Waals surface area contributed by atoms with E-state index in [0.717, 1.165) is 23.6 Å². The third-order valence-corrected chi connectivity index (χ3v) is 4.47. The highest BCUT2D eigenvalue weighted by Gasteiger charge is 2.37. The van der Waals surface area contributed by atoms with Gasteiger partial charge in [-0.2, -0.15) is 5.10 Å². The third kappa shape index (κ3) is 2.93. The molecule has 7 heteroatoms. The highest BCUT2D eigenvalue weighted by atomic mass is 16.3. The fourth-order valence-electron chi connectivity index (χ4n) is 3.17. The molecule has 1 N–H and O–H groups in total. The molecular weight excluding hydrogens is 308 g/mol. The van der Waals surface area contributed by atoms with Crippen LogP contribution in [0.25, 0.3) is 0 Å². The Morgan fingerprint density at radius 1 is 1.46 bits per heavy atom. The maximum absolute atomic E-state index is 12.7. The Kier molecular flexibility index (Phi) is 4.42. The van der Waals surface area contributed by atoms with Crippen molar-refractivity contribution in [2.24, 2.45) is 0 Å². The highest BCUT2D eigenvalue weighted by Crippen LogP contribution is 2.25. The van der Waals surface area contributed by atoms with Crippen molar-refractivity contribution in [2.75, 3.05) is 5.32 Å². The smallest absolute Gasteiger partial charge is 0.247 e. The van der Waals surface area contributed by atoms with Crippen molar-refractivity contribution in [1.82, 2.24) is 14.7 Å². The molecule has 0 spiro atoms. The first-order chi connectivity index (χ1) is 11.5. The van der Waals surface area contributed by atoms with Crippen LogP contribution in [0.15, 0.2) is 22.8 Å². The predicted molar refractivity (Wildman–Crippen MR) is 88.3 cm³/mol. The summed E-state index contributed by atoms with van der Waals surface area (Å²) in [7, 11) is 0. The summed E-state index contributed by atoms with van der Waals surface area (Å²) in [5.74, 6) is 0.479. The average Bonchev–Trinajstić information content (AvgIpc) is 3.25. The van der Waals surface area contributed by atoms with Crippen molar-refractivity contribution < 1.29 is 14.0 Å². The van der Waals surface area contributed by atoms with Gasteiger partial charge in [0.2, 0.25) is 11.8 Å². The van der Waals surface area contributed by atoms with Gasteiger partial charge in [-0.15, -0.1) is 0 Å². The number of rotatable bonds is 5. The number of hydrogen-bond acceptors (Lipinski definition) is 4. The first-order valence-electron chi connectivity index (χ1n) is 8.18. The number of aryl methyl sites for hydroxylation is 2. The second-order valence-electron chi connectivity index (χ2n) is 6.01. The highest BCUT2D eigenvalue weighted by molar-refractivity contribution is 5.99. The molecule has 24 heavy (non-hydrogen) atoms. The van der Waals surface area contributed by atoms with E-state index in [4.69, 9.17) is 4.42 Å². The standard InChI is InChI=1S/C17H22N4O3/c1-4-21-12(3)16(11(2)19-21)18-17(23)14-7-8-15(22)20(14)10-13-6-5-9-24-13/h5-6,9,14H,4,7-8,10H2,1-3H3,(H,18,23). The zero-order chi connectivity index (χ0) is 17.3. The second-order valence-corrected chi connectivity index (χ2v) is 6.01. The summed E-state index contributed by atoms with van der Waals surface area (Å²) < 4.78 is 7.16. The quantitative estimate of drug-likeness (QED) is 0.912. The molecule has 2 aromatic heterocycles. The molecule has 128 valence electrons. The zero-order valence-corrected chi connectivity index (χ0v) is 14.2. The van der Waals surface area contributed by atoms with E-state index in [-0.39, 0.29) is 11.8 Å². The summed E-state index contributed by atoms with van der Waals surface area (Å²) >= 11 is 0. The van der Waals surface area contributed by atoms with Gasteiger partial charge < -0.3 is 14.6 Å². The van der Waals surface area contributed by atoms with E-state index in [1.165, 1.54) is 0 Å². The van der Waals surface area contributed by atoms with Crippen molar-refractivity contribution in [3.8, 4) is 0 Å². The number of hydrogen-bond donors (Lipinski definition) is 1. The number of carbonyl (C=O) groups is 2. The lowest BCUT2D eigenvalue weighted by Crippen LogP contribution is -2.41. The van der Waals surface area contributed by atoms with Crippen LogP contribution in [0.5, 0.6) is 0 Å². The number of furan rings is 1. The minimum Gasteiger partial charge on any atom is -0.467 e. The molecule has 1 atom stereocenters. The van der Waals surface area contributed by atoms with Crippen LogP contribution in [0, 0.1) is 13.8 Å². The van der Waals surface area contributed by atoms with Crippen LogP contribution >= 0.6 is 0 Å². The minimum absolute atomic E-state index is 0.0238. The van der Waals surface area contributed by atoms with Crippen molar-refractivity contribution in [3.63, 3.8) is 0 Å². The molecule has 2 aromatic rings. The van der Waals surface area contributed by atoms with E-state index in [1.54, 1.807) is 23.3 Å². The summed E-state index contributed by atoms with van der Waals surface area (Å²) in [5.41, 5.74) is 2.44. The number of likely N-dealkylation sites (tertiary alicyclic amines) is 1. The van der Waals surface area contributed by atoms with Crippen molar-refractivity contribution in [1.29, 1.82) is 0 Å². The van der Waals surface area contributed by atoms with Crippen molar-refractivity contribution in [2.45, 2.75) is 52.7 Å². The third-order valence-electron chi connectivity index (χ3n) is 4.47. The molecule has 2 amide bonds. The van der Waals surface area contributed by atoms with Crippen LogP contribution in [0.4, 0.5) is 5.69 Å². The van der Waals surface area contributed by atoms with Gasteiger partial charge in [-0.25, -0.2) is 0 Å². The molecule has 0 saturated carbocycles. The SMILES string of the molecule is CCn1nc(C)c(NC(=O)C2CCC(=O)N2Cc2ccco2)c1C. The number of carbonyl (C=O) groups excluding carboxylic acids is 2. The lowest BCUT2D eigenvalue weighted by atomic mass is 10.2. The first-order valence-corrected chi connectivity index (χ1v) is 8.18. The van der Waals surface area contributed by atoms with Gasteiger partial charge in [0.25, 0.3) is 0 Å². The number of aromatic nitrogens is 2. The molecule has 1 aliphatic rings. The molecule has 0 aliphatic carbocycles. The number of nitrogens with zero attached hydrogens (tertiary/aromatic N) is 3. The molecule has 1 unspecified atom stereocenters. The first kappa shape index (κ1) is 16.3. The molecule has 0 radical (unpaired) electrons. The monoisotopic (exact) mass is 330 g/mol. The van der Waals surface area contributed by atoms with Gasteiger partial charge in [0.15, 0.2) is 0 Å². The molecule has 3 heterocycles. The van der Waals surface area contributed by atoms with Gasteiger partial charge in [0.1, 0.15) is 11.8 Å². The molecule has 1 fully saturated rings. The number of nitrogens with one attached hydrogen (secondary N) is 1. The van der Waals surface area contributed by atoms with Gasteiger partial charge in [-0.05, 0) is 39.3 Å². The Labute approximate surface area is 140 Å². The maximum atomic E-state index is 12.7. The number of amides is 2. The summed E-state index contributed by atoms with van der Waals surface area (Å²) in [6.45, 7) is 6.87. The van der Waals surface area contributed by atoms with Crippen LogP contribution in [0.2, 0.25) is 0 Å². The molecule has 1 aliphatic heterocycles. The van der Waals surface area contributed by atoms with E-state index in [1.807, 2.05) is 25.5 Å². The molecular formula is C17H22N4O3. The van der Waals surface area contributed by atoms with Gasteiger partial charge in [-0.3, -0.25) is 14.3 Å². The summed E-state index contributed by atoms with van der Waals surface area (Å²) in [4.78, 5) is 26.5. The summed E-state index contributed by atoms with van der Waals surface area (Å²) in [6.07, 6.45) is 2.47. The van der Waals surface area contributed by atoms with Crippen LogP contribution < -0.4 is 5.32 Å².